The molecule has 0 radical (unpaired) electrons. The topological polar surface area (TPSA) is 108 Å². The molecule has 0 aromatic heterocycles. The molecule has 2 N–H and O–H groups in total. The lowest BCUT2D eigenvalue weighted by molar-refractivity contribution is -0.870. The van der Waals surface area contributed by atoms with Crippen molar-refractivity contribution in [3.05, 3.63) is 109 Å². The highest BCUT2D eigenvalue weighted by Crippen LogP contribution is 2.38. The van der Waals surface area contributed by atoms with Gasteiger partial charge in [0.25, 0.3) is 7.82 Å². The van der Waals surface area contributed by atoms with Crippen LogP contribution in [0.5, 0.6) is 0 Å². The second-order valence-corrected chi connectivity index (χ2v) is 19.6. The monoisotopic (exact) mass is 925 g/mol. The Labute approximate surface area is 400 Å². The molecule has 0 saturated heterocycles. The summed E-state index contributed by atoms with van der Waals surface area (Å²) in [5.74, 6) is -0.219. The molecule has 0 fully saturated rings. The minimum Gasteiger partial charge on any atom is -0.756 e. The molecule has 372 valence electrons. The number of unbranched alkanes of at least 4 members (excludes halogenated alkanes) is 16. The van der Waals surface area contributed by atoms with Crippen LogP contribution in [0.25, 0.3) is 0 Å². The molecule has 65 heavy (non-hydrogen) atoms. The maximum Gasteiger partial charge on any atom is 0.268 e. The Hall–Kier alpha value is -2.84. The van der Waals surface area contributed by atoms with Crippen molar-refractivity contribution in [2.75, 3.05) is 40.9 Å². The number of allylic oxidation sites excluding steroid dienone is 17. The van der Waals surface area contributed by atoms with Crippen LogP contribution in [0.2, 0.25) is 0 Å². The van der Waals surface area contributed by atoms with Crippen LogP contribution in [0, 0.1) is 0 Å². The molecule has 0 bridgehead atoms. The van der Waals surface area contributed by atoms with E-state index in [0.29, 0.717) is 17.4 Å². The number of rotatable bonds is 45. The van der Waals surface area contributed by atoms with Gasteiger partial charge in [0.05, 0.1) is 39.9 Å². The largest absolute Gasteiger partial charge is 0.756 e. The average Bonchev–Trinajstić information content (AvgIpc) is 3.26. The van der Waals surface area contributed by atoms with Gasteiger partial charge in [-0.2, -0.15) is 0 Å². The fraction of sp³-hybridized carbons (Fsp3) is 0.661. The first-order chi connectivity index (χ1) is 31.5. The number of carbonyl (C=O) groups is 1. The number of carbonyl (C=O) groups excluding carboxylic acids is 1. The number of hydrogen-bond donors (Lipinski definition) is 2. The molecule has 0 aromatic rings. The fourth-order valence-corrected chi connectivity index (χ4v) is 7.42. The highest BCUT2D eigenvalue weighted by molar-refractivity contribution is 7.45. The van der Waals surface area contributed by atoms with E-state index in [4.69, 9.17) is 9.05 Å². The summed E-state index contributed by atoms with van der Waals surface area (Å²) < 4.78 is 23.2. The van der Waals surface area contributed by atoms with Crippen molar-refractivity contribution in [1.82, 2.24) is 5.32 Å². The van der Waals surface area contributed by atoms with E-state index in [9.17, 15) is 19.4 Å². The summed E-state index contributed by atoms with van der Waals surface area (Å²) in [5, 5.41) is 13.8. The number of aliphatic hydroxyl groups is 1. The summed E-state index contributed by atoms with van der Waals surface area (Å²) >= 11 is 0. The zero-order chi connectivity index (χ0) is 47.8. The number of nitrogens with one attached hydrogen (secondary N) is 1. The number of nitrogens with zero attached hydrogens (tertiary/aromatic N) is 1. The molecule has 1 amide bonds. The molecule has 9 heteroatoms. The standard InChI is InChI=1S/C56H97N2O6P/c1-6-8-10-12-14-16-18-20-21-22-23-24-25-26-27-28-29-30-31-32-33-34-35-36-37-38-40-42-44-46-48-50-56(60)57-54(53-64-65(61,62)63-52-51-58(3,4)5)55(59)49-47-45-43-41-39-19-17-15-13-11-9-7-2/h8,10,14,16,20-21,23-24,26-27,29-30,32-33,35-36,47,49,54-55,59H,6-7,9,11-13,15,17-19,22,25,28,31,34,37-46,48,50-53H2,1-5H3,(H-,57,60,61,62)/b10-8-,16-14-,21-20-,24-23-,27-26-,30-29-,33-32-,36-35-,49-47+. The lowest BCUT2D eigenvalue weighted by Crippen LogP contribution is -2.45. The number of amides is 1. The summed E-state index contributed by atoms with van der Waals surface area (Å²) in [6.07, 6.45) is 67.2. The van der Waals surface area contributed by atoms with Crippen LogP contribution in [-0.2, 0) is 18.4 Å². The van der Waals surface area contributed by atoms with Gasteiger partial charge in [-0.15, -0.1) is 0 Å². The van der Waals surface area contributed by atoms with Gasteiger partial charge in [-0.3, -0.25) is 9.36 Å². The second kappa shape index (κ2) is 46.3. The van der Waals surface area contributed by atoms with Gasteiger partial charge in [0.1, 0.15) is 13.2 Å². The molecule has 0 heterocycles. The van der Waals surface area contributed by atoms with Crippen molar-refractivity contribution in [1.29, 1.82) is 0 Å². The van der Waals surface area contributed by atoms with E-state index in [-0.39, 0.29) is 12.5 Å². The highest BCUT2D eigenvalue weighted by Gasteiger charge is 2.23. The van der Waals surface area contributed by atoms with Gasteiger partial charge < -0.3 is 28.8 Å². The van der Waals surface area contributed by atoms with E-state index >= 15 is 0 Å². The third kappa shape index (κ3) is 48.9. The number of likely N-dealkylation sites (N-methyl/N-ethyl adjacent to an activating group) is 1. The molecule has 0 saturated carbocycles. The maximum absolute atomic E-state index is 12.9. The molecule has 0 aliphatic heterocycles. The van der Waals surface area contributed by atoms with Crippen LogP contribution < -0.4 is 10.2 Å². The van der Waals surface area contributed by atoms with E-state index in [1.165, 1.54) is 51.4 Å². The molecule has 0 rings (SSSR count). The highest BCUT2D eigenvalue weighted by atomic mass is 31.2. The quantitative estimate of drug-likeness (QED) is 0.0273. The van der Waals surface area contributed by atoms with Crippen molar-refractivity contribution in [2.24, 2.45) is 0 Å². The second-order valence-electron chi connectivity index (χ2n) is 18.1. The zero-order valence-corrected chi connectivity index (χ0v) is 43.0. The van der Waals surface area contributed by atoms with Crippen LogP contribution in [0.1, 0.15) is 187 Å². The summed E-state index contributed by atoms with van der Waals surface area (Å²) in [7, 11) is 1.23. The maximum atomic E-state index is 12.9. The summed E-state index contributed by atoms with van der Waals surface area (Å²) in [6.45, 7) is 4.49. The Balaban J connectivity index is 4.26. The van der Waals surface area contributed by atoms with Crippen molar-refractivity contribution >= 4 is 13.7 Å². The molecule has 0 aliphatic carbocycles. The van der Waals surface area contributed by atoms with Gasteiger partial charge in [0.15, 0.2) is 0 Å². The summed E-state index contributed by atoms with van der Waals surface area (Å²) in [6, 6.07) is -0.901. The number of phosphoric ester groups is 1. The van der Waals surface area contributed by atoms with Gasteiger partial charge in [-0.05, 0) is 83.5 Å². The molecule has 0 spiro atoms. The average molecular weight is 925 g/mol. The van der Waals surface area contributed by atoms with E-state index in [2.05, 4.69) is 116 Å². The molecular formula is C56H97N2O6P. The molecule has 0 aromatic carbocycles. The van der Waals surface area contributed by atoms with Crippen LogP contribution >= 0.6 is 7.82 Å². The fourth-order valence-electron chi connectivity index (χ4n) is 6.70. The van der Waals surface area contributed by atoms with Crippen molar-refractivity contribution in [3.8, 4) is 0 Å². The lowest BCUT2D eigenvalue weighted by atomic mass is 10.1. The van der Waals surface area contributed by atoms with Gasteiger partial charge in [-0.1, -0.05) is 207 Å². The van der Waals surface area contributed by atoms with Crippen LogP contribution in [0.3, 0.4) is 0 Å². The Morgan fingerprint density at radius 2 is 0.938 bits per heavy atom. The third-order valence-electron chi connectivity index (χ3n) is 10.7. The Bertz CT molecular complexity index is 1420. The van der Waals surface area contributed by atoms with Gasteiger partial charge >= 0.3 is 0 Å². The summed E-state index contributed by atoms with van der Waals surface area (Å²) in [4.78, 5) is 25.4. The molecule has 8 nitrogen and oxygen atoms in total. The number of phosphoric acid groups is 1. The first kappa shape index (κ1) is 62.2. The first-order valence-corrected chi connectivity index (χ1v) is 27.2. The molecule has 3 unspecified atom stereocenters. The van der Waals surface area contributed by atoms with E-state index in [1.54, 1.807) is 6.08 Å². The smallest absolute Gasteiger partial charge is 0.268 e. The third-order valence-corrected chi connectivity index (χ3v) is 11.7. The zero-order valence-electron chi connectivity index (χ0n) is 42.1. The van der Waals surface area contributed by atoms with Crippen molar-refractivity contribution < 1.29 is 32.9 Å². The van der Waals surface area contributed by atoms with E-state index < -0.39 is 26.6 Å². The normalized spacial score (nSPS) is 15.0. The molecule has 3 atom stereocenters. The van der Waals surface area contributed by atoms with Crippen molar-refractivity contribution in [2.45, 2.75) is 199 Å². The molecule has 0 aliphatic rings. The Morgan fingerprint density at radius 1 is 0.554 bits per heavy atom. The summed E-state index contributed by atoms with van der Waals surface area (Å²) in [5.41, 5.74) is 0. The first-order valence-electron chi connectivity index (χ1n) is 25.7. The minimum absolute atomic E-state index is 0.0102. The number of aliphatic hydroxyl groups excluding tert-OH is 1. The van der Waals surface area contributed by atoms with E-state index in [0.717, 1.165) is 116 Å². The van der Waals surface area contributed by atoms with Crippen LogP contribution in [-0.4, -0.2) is 68.5 Å². The number of quaternary nitrogens is 1. The minimum atomic E-state index is -4.60. The van der Waals surface area contributed by atoms with E-state index in [1.807, 2.05) is 27.2 Å². The molecular weight excluding hydrogens is 828 g/mol. The van der Waals surface area contributed by atoms with Crippen LogP contribution in [0.15, 0.2) is 109 Å². The van der Waals surface area contributed by atoms with Gasteiger partial charge in [0, 0.05) is 6.42 Å². The Morgan fingerprint density at radius 3 is 1.37 bits per heavy atom. The Kier molecular flexibility index (Phi) is 44.3. The van der Waals surface area contributed by atoms with Crippen molar-refractivity contribution in [3.63, 3.8) is 0 Å². The van der Waals surface area contributed by atoms with Gasteiger partial charge in [-0.25, -0.2) is 0 Å². The predicted molar refractivity (Wildman–Crippen MR) is 279 cm³/mol. The van der Waals surface area contributed by atoms with Gasteiger partial charge in [0.2, 0.25) is 5.91 Å². The lowest BCUT2D eigenvalue weighted by Gasteiger charge is -2.29. The SMILES string of the molecule is CC/C=C\C/C=C\C/C=C\C/C=C\C/C=C\C/C=C\C/C=C\C/C=C\CCCCCCCCC(=O)NC(COP(=O)([O-])OCC[N+](C)(C)C)C(O)/C=C/CCCCCCCCCCCC. The number of hydrogen-bond acceptors (Lipinski definition) is 6. The van der Waals surface area contributed by atoms with Crippen LogP contribution in [0.4, 0.5) is 0 Å². The predicted octanol–water partition coefficient (Wildman–Crippen LogP) is 14.6.